The number of methoxy groups -OCH3 is 1. The molecule has 88 heavy (non-hydrogen) atoms. The summed E-state index contributed by atoms with van der Waals surface area (Å²) in [5, 5.41) is 26.1. The van der Waals surface area contributed by atoms with Gasteiger partial charge in [0.05, 0.1) is 71.0 Å². The second kappa shape index (κ2) is 27.0. The number of H-pyrrole nitrogens is 1. The number of fused-ring (bicyclic) bond motifs is 2. The molecular formula is C56H72N6O22P3S+. The number of phosphoric acid groups is 3. The molecule has 3 aliphatic heterocycles. The average molecular weight is 1310 g/mol. The third-order valence-corrected chi connectivity index (χ3v) is 19.7. The number of hydrogen-bond donors (Lipinski definition) is 8. The molecule has 8 N–H and O–H groups in total. The van der Waals surface area contributed by atoms with Crippen LogP contribution >= 0.6 is 23.5 Å². The lowest BCUT2D eigenvalue weighted by Crippen LogP contribution is -2.35. The lowest BCUT2D eigenvalue weighted by molar-refractivity contribution is -0.438. The fourth-order valence-electron chi connectivity index (χ4n) is 10.9. The number of aliphatic hydroxyl groups excluding tert-OH is 1. The largest absolute Gasteiger partial charge is 0.495 e. The topological polar surface area (TPSA) is 395 Å². The summed E-state index contributed by atoms with van der Waals surface area (Å²) >= 11 is 0. The van der Waals surface area contributed by atoms with Gasteiger partial charge in [-0.3, -0.25) is 38.3 Å². The fraction of sp³-hybridized carbons (Fsp3) is 0.464. The molecule has 478 valence electrons. The van der Waals surface area contributed by atoms with Gasteiger partial charge < -0.3 is 49.1 Å². The van der Waals surface area contributed by atoms with Crippen molar-refractivity contribution in [1.82, 2.24) is 14.9 Å². The maximum absolute atomic E-state index is 13.1. The maximum Gasteiger partial charge on any atom is 0.490 e. The number of aliphatic hydroxyl groups is 1. The Morgan fingerprint density at radius 1 is 1.00 bits per heavy atom. The summed E-state index contributed by atoms with van der Waals surface area (Å²) in [6, 6.07) is 15.5. The number of allylic oxidation sites excluding steroid dienone is 4. The van der Waals surface area contributed by atoms with Crippen LogP contribution in [0, 0.1) is 27.4 Å². The van der Waals surface area contributed by atoms with Gasteiger partial charge in [-0.25, -0.2) is 18.5 Å². The van der Waals surface area contributed by atoms with Crippen LogP contribution < -0.4 is 26.2 Å². The van der Waals surface area contributed by atoms with Gasteiger partial charge in [0.25, 0.3) is 21.4 Å². The lowest BCUT2D eigenvalue weighted by atomic mass is 9.81. The molecule has 1 aromatic heterocycles. The summed E-state index contributed by atoms with van der Waals surface area (Å²) in [6.45, 7) is 15.3. The molecule has 0 radical (unpaired) electrons. The van der Waals surface area contributed by atoms with Crippen LogP contribution in [0.4, 0.5) is 17.1 Å². The van der Waals surface area contributed by atoms with Crippen molar-refractivity contribution in [3.05, 3.63) is 143 Å². The van der Waals surface area contributed by atoms with Gasteiger partial charge in [0.1, 0.15) is 24.6 Å². The summed E-state index contributed by atoms with van der Waals surface area (Å²) in [6.07, 6.45) is 3.68. The first kappa shape index (κ1) is 69.2. The van der Waals surface area contributed by atoms with Crippen molar-refractivity contribution in [2.45, 2.75) is 134 Å². The molecule has 0 bridgehead atoms. The molecule has 7 rings (SSSR count). The average Bonchev–Trinajstić information content (AvgIpc) is 1.69. The summed E-state index contributed by atoms with van der Waals surface area (Å²) in [4.78, 5) is 92.1. The summed E-state index contributed by atoms with van der Waals surface area (Å²) in [5.41, 5.74) is 1.87. The van der Waals surface area contributed by atoms with E-state index < -0.39 is 104 Å². The number of carbonyl (C=O) groups excluding carboxylic acids is 1. The Morgan fingerprint density at radius 2 is 1.70 bits per heavy atom. The quantitative estimate of drug-likeness (QED) is 0.00611. The molecule has 6 atom stereocenters. The molecule has 1 amide bonds. The number of aromatic nitrogens is 2. The molecule has 4 heterocycles. The lowest BCUT2D eigenvalue weighted by Gasteiger charge is -2.31. The van der Waals surface area contributed by atoms with Crippen molar-refractivity contribution in [1.29, 1.82) is 0 Å². The van der Waals surface area contributed by atoms with Crippen LogP contribution in [0.2, 0.25) is 0 Å². The van der Waals surface area contributed by atoms with E-state index in [1.54, 1.807) is 26.8 Å². The number of para-hydroxylation sites is 1. The normalized spacial score (nSPS) is 20.3. The number of nitro benzene ring substituents is 1. The zero-order chi connectivity index (χ0) is 65.1. The minimum Gasteiger partial charge on any atom is -0.495 e. The number of nitrogens with zero attached hydrogens (tertiary/aromatic N) is 4. The van der Waals surface area contributed by atoms with Crippen LogP contribution in [0.3, 0.4) is 0 Å². The van der Waals surface area contributed by atoms with E-state index in [4.69, 9.17) is 24.0 Å². The molecule has 0 saturated carbocycles. The number of aromatic amines is 1. The smallest absolute Gasteiger partial charge is 0.490 e. The van der Waals surface area contributed by atoms with Gasteiger partial charge in [0.2, 0.25) is 11.6 Å². The zero-order valence-electron chi connectivity index (χ0n) is 49.6. The first-order chi connectivity index (χ1) is 40.9. The monoisotopic (exact) mass is 1310 g/mol. The van der Waals surface area contributed by atoms with Crippen molar-refractivity contribution >= 4 is 62.3 Å². The first-order valence-electron chi connectivity index (χ1n) is 27.6. The highest BCUT2D eigenvalue weighted by Gasteiger charge is 2.46. The van der Waals surface area contributed by atoms with Crippen LogP contribution in [0.5, 0.6) is 5.75 Å². The van der Waals surface area contributed by atoms with Crippen LogP contribution in [-0.4, -0.2) is 114 Å². The summed E-state index contributed by atoms with van der Waals surface area (Å²) < 4.78 is 101. The molecule has 1 saturated heterocycles. The van der Waals surface area contributed by atoms with Crippen molar-refractivity contribution < 1.29 is 93.0 Å². The third kappa shape index (κ3) is 16.4. The summed E-state index contributed by atoms with van der Waals surface area (Å²) in [7, 11) is -20.2. The van der Waals surface area contributed by atoms with Gasteiger partial charge in [-0.2, -0.15) is 21.6 Å². The van der Waals surface area contributed by atoms with Gasteiger partial charge in [0, 0.05) is 72.6 Å². The van der Waals surface area contributed by atoms with Gasteiger partial charge >= 0.3 is 29.2 Å². The Labute approximate surface area is 507 Å². The van der Waals surface area contributed by atoms with Gasteiger partial charge in [0.15, 0.2) is 5.71 Å². The fourth-order valence-corrected chi connectivity index (χ4v) is 14.5. The molecule has 1 fully saturated rings. The van der Waals surface area contributed by atoms with E-state index in [9.17, 15) is 66.1 Å². The van der Waals surface area contributed by atoms with Crippen molar-refractivity contribution in [3.8, 4) is 17.6 Å². The second-order valence-electron chi connectivity index (χ2n) is 23.1. The Bertz CT molecular complexity index is 3910. The minimum absolute atomic E-state index is 0.0430. The molecule has 3 aliphatic rings. The second-order valence-corrected chi connectivity index (χ2v) is 28.9. The maximum atomic E-state index is 13.1. The van der Waals surface area contributed by atoms with Gasteiger partial charge in [-0.15, -0.1) is 0 Å². The van der Waals surface area contributed by atoms with Crippen LogP contribution in [0.25, 0.3) is 0 Å². The molecule has 28 nitrogen and oxygen atoms in total. The molecule has 3 aromatic carbocycles. The molecule has 0 aliphatic carbocycles. The highest BCUT2D eigenvalue weighted by atomic mass is 32.2. The van der Waals surface area contributed by atoms with E-state index in [1.807, 2.05) is 39.0 Å². The first-order valence-corrected chi connectivity index (χ1v) is 33.6. The number of unbranched alkanes of at least 4 members (excludes halogenated alkanes) is 2. The van der Waals surface area contributed by atoms with Crippen molar-refractivity contribution in [2.24, 2.45) is 5.41 Å². The number of amides is 1. The summed E-state index contributed by atoms with van der Waals surface area (Å²) in [5.74, 6) is 5.59. The molecule has 2 unspecified atom stereocenters. The molecule has 0 spiro atoms. The van der Waals surface area contributed by atoms with E-state index in [0.29, 0.717) is 19.5 Å². The van der Waals surface area contributed by atoms with Crippen LogP contribution in [0.15, 0.2) is 99.2 Å². The van der Waals surface area contributed by atoms with E-state index in [-0.39, 0.29) is 58.0 Å². The molecular weight excluding hydrogens is 1230 g/mol. The number of hydrogen-bond acceptors (Lipinski definition) is 18. The van der Waals surface area contributed by atoms with Crippen LogP contribution in [0.1, 0.15) is 128 Å². The number of likely N-dealkylation sites (N-methyl/N-ethyl adjacent to an activating group) is 1. The van der Waals surface area contributed by atoms with E-state index in [1.165, 1.54) is 36.9 Å². The predicted octanol–water partition coefficient (Wildman–Crippen LogP) is 7.36. The highest BCUT2D eigenvalue weighted by molar-refractivity contribution is 7.85. The van der Waals surface area contributed by atoms with E-state index in [0.717, 1.165) is 52.0 Å². The Kier molecular flexibility index (Phi) is 21.3. The molecule has 4 aromatic rings. The Morgan fingerprint density at radius 3 is 2.35 bits per heavy atom. The van der Waals surface area contributed by atoms with Gasteiger partial charge in [-0.05, 0) is 74.9 Å². The van der Waals surface area contributed by atoms with E-state index in [2.05, 4.69) is 82.9 Å². The SMILES string of the molecule is CCN1C(=CC=CC2=[N+](CCCCCC(=O)NCC#Cc3cc([N+](=O)[O-])c([C@@H](OCc4cn([C@H]5C[C@@H](O)[C@@H](COP(=O)(O)OP(=O)(O)OP(=O)(O)O)O5)c(=O)[nH]c4=O)C(C)(C)C)cc3OC)c3ccccc3C2(C)C)C(C)(C)c2cc(S(=O)(=O)O)ccc21. The number of anilines is 1. The zero-order valence-corrected chi connectivity index (χ0v) is 53.1. The third-order valence-electron chi connectivity index (χ3n) is 15.1. The van der Waals surface area contributed by atoms with Crippen molar-refractivity contribution in [2.75, 3.05) is 38.3 Å². The standard InChI is InChI=1S/C56H71N6O22P3S/c1-10-59-42-25-24-37(88(76,77)78)29-40(42)56(7,8)47(59)21-16-22-48-55(5,6)39-19-13-14-20-41(39)60(48)27-15-11-12-23-49(64)57-26-17-18-35-28-43(62(67)68)38(30-45(35)79-9)51(54(2,3)4)80-33-36-32-61(53(66)58-52(36)65)50-31-44(63)46(82-50)34-81-86(72,73)84-87(74,75)83-85(69,70)71/h13-14,16,19-22,24-25,28-30,32,44,46,50-51,63H,10-12,15,23,26-27,31,33-34H2,1-9H3,(H6-,57,58,64,65,66,69,70,71,72,73,74,75,76,77,78)/p+1/t44-,46-,50-,51-/m1/s1. The highest BCUT2D eigenvalue weighted by Crippen LogP contribution is 2.66. The number of rotatable bonds is 25. The number of nitrogens with one attached hydrogen (secondary N) is 2. The predicted molar refractivity (Wildman–Crippen MR) is 319 cm³/mol. The van der Waals surface area contributed by atoms with Crippen LogP contribution in [-0.2, 0) is 68.7 Å². The number of carbonyl (C=O) groups is 1. The van der Waals surface area contributed by atoms with E-state index >= 15 is 0 Å². The number of nitro groups is 1. The minimum atomic E-state index is -5.85. The number of ether oxygens (including phenoxy) is 3. The van der Waals surface area contributed by atoms with Gasteiger partial charge in [-0.1, -0.05) is 70.7 Å². The number of phosphoric ester groups is 1. The molecule has 32 heteroatoms. The Hall–Kier alpha value is -6.28. The number of benzene rings is 3. The van der Waals surface area contributed by atoms with Crippen molar-refractivity contribution in [3.63, 3.8) is 0 Å². The Balaban J connectivity index is 0.966.